The molecular formula is C10H10FN5O2. The maximum atomic E-state index is 13.1. The number of nitrogens with zero attached hydrogens (tertiary/aromatic N) is 2. The molecule has 0 saturated heterocycles. The van der Waals surface area contributed by atoms with E-state index in [2.05, 4.69) is 10.4 Å². The highest BCUT2D eigenvalue weighted by atomic mass is 19.1. The number of hydrogen-bond acceptors (Lipinski definition) is 5. The van der Waals surface area contributed by atoms with Crippen LogP contribution in [0.1, 0.15) is 5.69 Å². The number of H-pyrrole nitrogens is 1. The van der Waals surface area contributed by atoms with Crippen LogP contribution in [0.4, 0.5) is 10.2 Å². The molecule has 0 bridgehead atoms. The highest BCUT2D eigenvalue weighted by Crippen LogP contribution is 2.03. The summed E-state index contributed by atoms with van der Waals surface area (Å²) in [5.74, 6) is 4.59. The predicted molar refractivity (Wildman–Crippen MR) is 62.4 cm³/mol. The van der Waals surface area contributed by atoms with Crippen molar-refractivity contribution in [2.24, 2.45) is 5.84 Å². The first-order valence-electron chi connectivity index (χ1n) is 5.02. The van der Waals surface area contributed by atoms with Crippen LogP contribution in [0.3, 0.4) is 0 Å². The summed E-state index contributed by atoms with van der Waals surface area (Å²) in [6, 6.07) is 4.97. The Morgan fingerprint density at radius 1 is 1.44 bits per heavy atom. The molecule has 0 unspecified atom stereocenters. The van der Waals surface area contributed by atoms with Crippen LogP contribution in [-0.4, -0.2) is 14.5 Å². The van der Waals surface area contributed by atoms with Crippen molar-refractivity contribution in [2.45, 2.75) is 6.54 Å². The van der Waals surface area contributed by atoms with E-state index in [1.165, 1.54) is 0 Å². The third-order valence-corrected chi connectivity index (χ3v) is 2.25. The van der Waals surface area contributed by atoms with E-state index < -0.39 is 17.1 Å². The fourth-order valence-electron chi connectivity index (χ4n) is 1.42. The number of anilines is 1. The molecule has 2 heterocycles. The van der Waals surface area contributed by atoms with Gasteiger partial charge in [-0.2, -0.15) is 4.39 Å². The topological polar surface area (TPSA) is 106 Å². The number of hydrogen-bond donors (Lipinski definition) is 3. The number of aromatic amines is 1. The lowest BCUT2D eigenvalue weighted by atomic mass is 10.3. The van der Waals surface area contributed by atoms with Gasteiger partial charge in [-0.25, -0.2) is 15.6 Å². The van der Waals surface area contributed by atoms with Gasteiger partial charge in [-0.05, 0) is 12.1 Å². The van der Waals surface area contributed by atoms with E-state index >= 15 is 0 Å². The lowest BCUT2D eigenvalue weighted by Crippen LogP contribution is -2.31. The average molecular weight is 251 g/mol. The summed E-state index contributed by atoms with van der Waals surface area (Å²) in [5, 5.41) is 0. The Bertz CT molecular complexity index is 678. The summed E-state index contributed by atoms with van der Waals surface area (Å²) in [6.45, 7) is 0.0298. The monoisotopic (exact) mass is 251 g/mol. The molecule has 0 saturated carbocycles. The first-order chi connectivity index (χ1) is 8.60. The fourth-order valence-corrected chi connectivity index (χ4v) is 1.42. The molecule has 2 rings (SSSR count). The summed E-state index contributed by atoms with van der Waals surface area (Å²) in [7, 11) is 0. The summed E-state index contributed by atoms with van der Waals surface area (Å²) in [5.41, 5.74) is 1.12. The second kappa shape index (κ2) is 4.80. The lowest BCUT2D eigenvalue weighted by molar-refractivity contribution is 0.564. The quantitative estimate of drug-likeness (QED) is 0.499. The highest BCUT2D eigenvalue weighted by Gasteiger charge is 2.05. The summed E-state index contributed by atoms with van der Waals surface area (Å²) in [4.78, 5) is 28.2. The first kappa shape index (κ1) is 12.0. The molecule has 2 aromatic heterocycles. The average Bonchev–Trinajstić information content (AvgIpc) is 2.36. The molecule has 0 spiro atoms. The largest absolute Gasteiger partial charge is 0.328 e. The number of halogens is 1. The molecule has 4 N–H and O–H groups in total. The van der Waals surface area contributed by atoms with Gasteiger partial charge < -0.3 is 5.43 Å². The SMILES string of the molecule is NNc1cccc(Cn2cc(F)c(=O)[nH]c2=O)n1. The van der Waals surface area contributed by atoms with E-state index in [4.69, 9.17) is 5.84 Å². The fraction of sp³-hybridized carbons (Fsp3) is 0.100. The summed E-state index contributed by atoms with van der Waals surface area (Å²) in [6.07, 6.45) is 0.839. The molecule has 2 aromatic rings. The van der Waals surface area contributed by atoms with E-state index in [9.17, 15) is 14.0 Å². The van der Waals surface area contributed by atoms with E-state index in [0.29, 0.717) is 11.5 Å². The van der Waals surface area contributed by atoms with Gasteiger partial charge in [0.15, 0.2) is 0 Å². The van der Waals surface area contributed by atoms with Crippen LogP contribution in [0, 0.1) is 5.82 Å². The van der Waals surface area contributed by atoms with Crippen LogP contribution in [0.25, 0.3) is 0 Å². The second-order valence-electron chi connectivity index (χ2n) is 3.52. The van der Waals surface area contributed by atoms with Crippen molar-refractivity contribution in [2.75, 3.05) is 5.43 Å². The number of hydrazine groups is 1. The maximum Gasteiger partial charge on any atom is 0.328 e. The standard InChI is InChI=1S/C10H10FN5O2/c11-7-5-16(10(18)14-9(7)17)4-6-2-1-3-8(13-6)15-12/h1-3,5H,4,12H2,(H,13,15)(H,14,17,18). The molecule has 0 aliphatic heterocycles. The Morgan fingerprint density at radius 3 is 2.94 bits per heavy atom. The third kappa shape index (κ3) is 2.43. The van der Waals surface area contributed by atoms with Crippen molar-refractivity contribution in [3.05, 3.63) is 56.7 Å². The van der Waals surface area contributed by atoms with Gasteiger partial charge in [0.25, 0.3) is 5.56 Å². The first-order valence-corrected chi connectivity index (χ1v) is 5.02. The summed E-state index contributed by atoms with van der Waals surface area (Å²) < 4.78 is 14.1. The van der Waals surface area contributed by atoms with Crippen molar-refractivity contribution < 1.29 is 4.39 Å². The lowest BCUT2D eigenvalue weighted by Gasteiger charge is -2.06. The van der Waals surface area contributed by atoms with Crippen molar-refractivity contribution in [3.8, 4) is 0 Å². The second-order valence-corrected chi connectivity index (χ2v) is 3.52. The molecule has 18 heavy (non-hydrogen) atoms. The van der Waals surface area contributed by atoms with Gasteiger partial charge >= 0.3 is 5.69 Å². The number of rotatable bonds is 3. The van der Waals surface area contributed by atoms with Crippen LogP contribution < -0.4 is 22.5 Å². The van der Waals surface area contributed by atoms with Gasteiger partial charge in [-0.1, -0.05) is 6.07 Å². The predicted octanol–water partition coefficient (Wildman–Crippen LogP) is -0.595. The Labute approximate surface area is 100 Å². The smallest absolute Gasteiger partial charge is 0.308 e. The van der Waals surface area contributed by atoms with Crippen LogP contribution >= 0.6 is 0 Å². The van der Waals surface area contributed by atoms with E-state index in [0.717, 1.165) is 10.8 Å². The molecule has 0 atom stereocenters. The molecule has 0 aliphatic rings. The normalized spacial score (nSPS) is 10.3. The van der Waals surface area contributed by atoms with Gasteiger partial charge in [0.2, 0.25) is 5.82 Å². The minimum absolute atomic E-state index is 0.0298. The molecule has 0 fully saturated rings. The Balaban J connectivity index is 2.36. The van der Waals surface area contributed by atoms with Gasteiger partial charge in [0.05, 0.1) is 18.4 Å². The van der Waals surface area contributed by atoms with Gasteiger partial charge in [-0.15, -0.1) is 0 Å². The van der Waals surface area contributed by atoms with Crippen molar-refractivity contribution in [1.82, 2.24) is 14.5 Å². The van der Waals surface area contributed by atoms with Crippen LogP contribution in [0.5, 0.6) is 0 Å². The zero-order valence-electron chi connectivity index (χ0n) is 9.18. The zero-order valence-corrected chi connectivity index (χ0v) is 9.18. The van der Waals surface area contributed by atoms with Crippen molar-refractivity contribution in [1.29, 1.82) is 0 Å². The van der Waals surface area contributed by atoms with Gasteiger partial charge in [0.1, 0.15) is 5.82 Å². The molecule has 7 nitrogen and oxygen atoms in total. The number of nitrogen functional groups attached to an aromatic ring is 1. The number of aromatic nitrogens is 3. The van der Waals surface area contributed by atoms with Gasteiger partial charge in [-0.3, -0.25) is 14.3 Å². The van der Waals surface area contributed by atoms with Crippen LogP contribution in [-0.2, 0) is 6.54 Å². The molecule has 8 heteroatoms. The molecule has 0 radical (unpaired) electrons. The molecular weight excluding hydrogens is 241 g/mol. The number of nitrogens with two attached hydrogens (primary N) is 1. The Hall–Kier alpha value is -2.48. The highest BCUT2D eigenvalue weighted by molar-refractivity contribution is 5.33. The maximum absolute atomic E-state index is 13.1. The number of nitrogens with one attached hydrogen (secondary N) is 2. The molecule has 94 valence electrons. The van der Waals surface area contributed by atoms with E-state index in [1.807, 2.05) is 4.98 Å². The van der Waals surface area contributed by atoms with Gasteiger partial charge in [0, 0.05) is 0 Å². The van der Waals surface area contributed by atoms with Crippen LogP contribution in [0.15, 0.2) is 34.0 Å². The summed E-state index contributed by atoms with van der Waals surface area (Å²) >= 11 is 0. The van der Waals surface area contributed by atoms with Crippen molar-refractivity contribution in [3.63, 3.8) is 0 Å². The number of pyridine rings is 1. The minimum atomic E-state index is -1.04. The zero-order chi connectivity index (χ0) is 13.1. The minimum Gasteiger partial charge on any atom is -0.308 e. The third-order valence-electron chi connectivity index (χ3n) is 2.25. The Morgan fingerprint density at radius 2 is 2.22 bits per heavy atom. The van der Waals surface area contributed by atoms with Crippen LogP contribution in [0.2, 0.25) is 0 Å². The molecule has 0 aromatic carbocycles. The van der Waals surface area contributed by atoms with E-state index in [1.54, 1.807) is 18.2 Å². The van der Waals surface area contributed by atoms with E-state index in [-0.39, 0.29) is 6.54 Å². The Kier molecular flexibility index (Phi) is 3.20. The van der Waals surface area contributed by atoms with Crippen molar-refractivity contribution >= 4 is 5.82 Å². The molecule has 0 aliphatic carbocycles. The molecule has 0 amide bonds.